The number of carbonyl (C=O) groups is 1. The van der Waals surface area contributed by atoms with Crippen LogP contribution < -0.4 is 0 Å². The van der Waals surface area contributed by atoms with E-state index >= 15 is 0 Å². The highest BCUT2D eigenvalue weighted by atomic mass is 16.4. The zero-order valence-electron chi connectivity index (χ0n) is 22.2. The number of hydrogen-bond acceptors (Lipinski definition) is 3. The number of carboxylic acids is 1. The van der Waals surface area contributed by atoms with Gasteiger partial charge in [-0.25, -0.2) is 0 Å². The number of hydrogen-bond donors (Lipinski definition) is 3. The predicted molar refractivity (Wildman–Crippen MR) is 134 cm³/mol. The van der Waals surface area contributed by atoms with Gasteiger partial charge in [0.15, 0.2) is 0 Å². The average molecular weight is 471 g/mol. The van der Waals surface area contributed by atoms with Gasteiger partial charge in [0.25, 0.3) is 0 Å². The number of fused-ring (bicyclic) bond motifs is 7. The molecular weight excluding hydrogens is 424 g/mol. The largest absolute Gasteiger partial charge is 0.481 e. The van der Waals surface area contributed by atoms with Crippen molar-refractivity contribution in [2.75, 3.05) is 6.61 Å². The van der Waals surface area contributed by atoms with E-state index in [2.05, 4.69) is 46.8 Å². The Bertz CT molecular complexity index is 967. The topological polar surface area (TPSA) is 77.8 Å². The van der Waals surface area contributed by atoms with Crippen LogP contribution in [0.3, 0.4) is 0 Å². The SMILES string of the molecule is C[C@]1(C(=O)O)CC[C@]2(C)CC[C@]3(C)C(=CC=C4[C@@]5(C)CC[C@H](O)[C@](C)(CO)[C@@H]5CC[C@]43C)[C@@H]2C1. The first-order valence-electron chi connectivity index (χ1n) is 13.7. The summed E-state index contributed by atoms with van der Waals surface area (Å²) in [6.45, 7) is 13.9. The Morgan fingerprint density at radius 3 is 2.24 bits per heavy atom. The van der Waals surface area contributed by atoms with Gasteiger partial charge < -0.3 is 15.3 Å². The van der Waals surface area contributed by atoms with Crippen LogP contribution in [0.4, 0.5) is 0 Å². The van der Waals surface area contributed by atoms with E-state index in [9.17, 15) is 20.1 Å². The molecule has 5 aliphatic rings. The molecule has 190 valence electrons. The molecule has 0 radical (unpaired) electrons. The molecular formula is C30H46O4. The number of rotatable bonds is 2. The van der Waals surface area contributed by atoms with E-state index in [1.807, 2.05) is 6.92 Å². The van der Waals surface area contributed by atoms with E-state index in [-0.39, 0.29) is 34.2 Å². The zero-order valence-corrected chi connectivity index (χ0v) is 22.2. The summed E-state index contributed by atoms with van der Waals surface area (Å²) in [5, 5.41) is 31.3. The second-order valence-electron chi connectivity index (χ2n) is 14.4. The molecule has 0 amide bonds. The molecule has 4 nitrogen and oxygen atoms in total. The van der Waals surface area contributed by atoms with Crippen LogP contribution >= 0.6 is 0 Å². The van der Waals surface area contributed by atoms with Gasteiger partial charge in [-0.1, -0.05) is 57.9 Å². The molecule has 0 unspecified atom stereocenters. The van der Waals surface area contributed by atoms with Crippen molar-refractivity contribution >= 4 is 5.97 Å². The molecule has 4 heteroatoms. The third kappa shape index (κ3) is 2.82. The maximum atomic E-state index is 12.2. The normalized spacial score (nSPS) is 54.5. The van der Waals surface area contributed by atoms with Crippen molar-refractivity contribution in [1.82, 2.24) is 0 Å². The fourth-order valence-electron chi connectivity index (χ4n) is 9.88. The first-order valence-corrected chi connectivity index (χ1v) is 13.7. The second-order valence-corrected chi connectivity index (χ2v) is 14.4. The Morgan fingerprint density at radius 1 is 0.912 bits per heavy atom. The first kappa shape index (κ1) is 24.6. The summed E-state index contributed by atoms with van der Waals surface area (Å²) in [4.78, 5) is 12.2. The summed E-state index contributed by atoms with van der Waals surface area (Å²) < 4.78 is 0. The van der Waals surface area contributed by atoms with Crippen LogP contribution in [0.1, 0.15) is 99.3 Å². The maximum Gasteiger partial charge on any atom is 0.309 e. The van der Waals surface area contributed by atoms with Crippen molar-refractivity contribution in [1.29, 1.82) is 0 Å². The Kier molecular flexibility index (Phi) is 5.21. The molecule has 5 rings (SSSR count). The molecule has 0 aromatic heterocycles. The van der Waals surface area contributed by atoms with E-state index < -0.39 is 22.9 Å². The molecule has 0 bridgehead atoms. The molecule has 0 aromatic carbocycles. The van der Waals surface area contributed by atoms with Crippen LogP contribution in [0.15, 0.2) is 23.3 Å². The summed E-state index contributed by atoms with van der Waals surface area (Å²) in [5.74, 6) is -0.0552. The minimum Gasteiger partial charge on any atom is -0.481 e. The van der Waals surface area contributed by atoms with Crippen LogP contribution in [-0.2, 0) is 4.79 Å². The standard InChI is InChI=1S/C30H46O4/c1-25-13-14-26(2,24(33)34)17-20(25)19-7-8-22-27(3)11-10-23(32)28(4,18-31)21(27)9-12-30(22,6)29(19,5)16-15-25/h7-8,20-21,23,31-32H,9-18H2,1-6H3,(H,33,34)/t20-,21+,23-,25+,26-,27-,28+,29+,30+/m0/s1. The highest BCUT2D eigenvalue weighted by molar-refractivity contribution is 5.74. The highest BCUT2D eigenvalue weighted by Gasteiger charge is 2.66. The fraction of sp³-hybridized carbons (Fsp3) is 0.833. The van der Waals surface area contributed by atoms with Gasteiger partial charge in [-0.15, -0.1) is 0 Å². The lowest BCUT2D eigenvalue weighted by atomic mass is 9.36. The summed E-state index contributed by atoms with van der Waals surface area (Å²) >= 11 is 0. The zero-order chi connectivity index (χ0) is 24.9. The van der Waals surface area contributed by atoms with Crippen LogP contribution in [0.2, 0.25) is 0 Å². The number of carboxylic acid groups (broad SMARTS) is 1. The van der Waals surface area contributed by atoms with Gasteiger partial charge >= 0.3 is 5.97 Å². The number of aliphatic hydroxyl groups is 2. The van der Waals surface area contributed by atoms with Gasteiger partial charge in [-0.05, 0) is 98.2 Å². The van der Waals surface area contributed by atoms with E-state index in [1.165, 1.54) is 11.1 Å². The van der Waals surface area contributed by atoms with Gasteiger partial charge in [-0.2, -0.15) is 0 Å². The molecule has 0 saturated heterocycles. The minimum atomic E-state index is -0.641. The van der Waals surface area contributed by atoms with Crippen molar-refractivity contribution in [2.45, 2.75) is 105 Å². The molecule has 5 aliphatic carbocycles. The lowest BCUT2D eigenvalue weighted by molar-refractivity contribution is -0.157. The van der Waals surface area contributed by atoms with Crippen LogP contribution in [-0.4, -0.2) is 34.0 Å². The van der Waals surface area contributed by atoms with E-state index in [1.54, 1.807) is 0 Å². The molecule has 34 heavy (non-hydrogen) atoms. The van der Waals surface area contributed by atoms with Gasteiger partial charge in [-0.3, -0.25) is 4.79 Å². The van der Waals surface area contributed by atoms with Gasteiger partial charge in [0.2, 0.25) is 0 Å². The lowest BCUT2D eigenvalue weighted by Crippen LogP contribution is -2.62. The Morgan fingerprint density at radius 2 is 1.59 bits per heavy atom. The van der Waals surface area contributed by atoms with Gasteiger partial charge in [0.1, 0.15) is 0 Å². The molecule has 3 N–H and O–H groups in total. The number of aliphatic hydroxyl groups excluding tert-OH is 2. The smallest absolute Gasteiger partial charge is 0.309 e. The molecule has 0 aromatic rings. The molecule has 0 spiro atoms. The quantitative estimate of drug-likeness (QED) is 0.454. The Balaban J connectivity index is 1.62. The minimum absolute atomic E-state index is 0.0255. The average Bonchev–Trinajstić information content (AvgIpc) is 2.78. The summed E-state index contributed by atoms with van der Waals surface area (Å²) in [5.41, 5.74) is 2.14. The first-order chi connectivity index (χ1) is 15.7. The van der Waals surface area contributed by atoms with Crippen molar-refractivity contribution in [3.05, 3.63) is 23.3 Å². The molecule has 9 atom stereocenters. The van der Waals surface area contributed by atoms with E-state index in [4.69, 9.17) is 0 Å². The predicted octanol–water partition coefficient (Wildman–Crippen LogP) is 6.13. The van der Waals surface area contributed by atoms with E-state index in [0.717, 1.165) is 57.8 Å². The van der Waals surface area contributed by atoms with Crippen molar-refractivity contribution in [3.63, 3.8) is 0 Å². The van der Waals surface area contributed by atoms with Gasteiger partial charge in [0.05, 0.1) is 18.1 Å². The molecule has 4 fully saturated rings. The van der Waals surface area contributed by atoms with Crippen molar-refractivity contribution < 1.29 is 20.1 Å². The lowest BCUT2D eigenvalue weighted by Gasteiger charge is -2.68. The number of allylic oxidation sites excluding steroid dienone is 4. The van der Waals surface area contributed by atoms with Crippen molar-refractivity contribution in [3.8, 4) is 0 Å². The number of aliphatic carboxylic acids is 1. The summed E-state index contributed by atoms with van der Waals surface area (Å²) in [7, 11) is 0. The second kappa shape index (κ2) is 7.22. The van der Waals surface area contributed by atoms with Crippen molar-refractivity contribution in [2.24, 2.45) is 44.3 Å². The Hall–Kier alpha value is -1.13. The highest BCUT2D eigenvalue weighted by Crippen LogP contribution is 2.74. The third-order valence-electron chi connectivity index (χ3n) is 12.9. The molecule has 0 aliphatic heterocycles. The van der Waals surface area contributed by atoms with E-state index in [0.29, 0.717) is 5.92 Å². The fourth-order valence-corrected chi connectivity index (χ4v) is 9.88. The molecule has 0 heterocycles. The van der Waals surface area contributed by atoms with Crippen LogP contribution in [0, 0.1) is 44.3 Å². The van der Waals surface area contributed by atoms with Crippen LogP contribution in [0.25, 0.3) is 0 Å². The van der Waals surface area contributed by atoms with Crippen LogP contribution in [0.5, 0.6) is 0 Å². The third-order valence-corrected chi connectivity index (χ3v) is 12.9. The monoisotopic (exact) mass is 470 g/mol. The summed E-state index contributed by atoms with van der Waals surface area (Å²) in [6, 6.07) is 0. The maximum absolute atomic E-state index is 12.2. The summed E-state index contributed by atoms with van der Waals surface area (Å²) in [6.07, 6.45) is 13.0. The van der Waals surface area contributed by atoms with Gasteiger partial charge in [0, 0.05) is 5.41 Å². The Labute approximate surface area is 205 Å². The molecule has 4 saturated carbocycles.